The van der Waals surface area contributed by atoms with Crippen LogP contribution in [0.4, 0.5) is 23.8 Å². The summed E-state index contributed by atoms with van der Waals surface area (Å²) in [5, 5.41) is 15.7. The number of aromatic amines is 1. The molecule has 0 aliphatic rings. The van der Waals surface area contributed by atoms with Gasteiger partial charge in [0.05, 0.1) is 30.0 Å². The third-order valence-electron chi connectivity index (χ3n) is 6.25. The molecule has 0 aliphatic heterocycles. The molecule has 3 aromatic rings. The van der Waals surface area contributed by atoms with Crippen LogP contribution in [0.15, 0.2) is 48.8 Å². The number of ether oxygens (including phenoxy) is 1. The number of hydrogen-bond donors (Lipinski definition) is 3. The molecule has 0 spiro atoms. The highest BCUT2D eigenvalue weighted by atomic mass is 19.4. The molecule has 2 atom stereocenters. The van der Waals surface area contributed by atoms with Gasteiger partial charge in [-0.1, -0.05) is 46.2 Å². The largest absolute Gasteiger partial charge is 0.438 e. The predicted molar refractivity (Wildman–Crippen MR) is 141 cm³/mol. The Morgan fingerprint density at radius 1 is 1.05 bits per heavy atom. The molecule has 13 heteroatoms. The van der Waals surface area contributed by atoms with Crippen LogP contribution in [-0.2, 0) is 27.0 Å². The van der Waals surface area contributed by atoms with Gasteiger partial charge in [0.2, 0.25) is 0 Å². The number of alkyl halides is 3. The third-order valence-corrected chi connectivity index (χ3v) is 6.25. The maximum absolute atomic E-state index is 13.0. The van der Waals surface area contributed by atoms with E-state index < -0.39 is 47.1 Å². The quantitative estimate of drug-likeness (QED) is 0.276. The molecular weight excluding hydrogens is 529 g/mol. The minimum Gasteiger partial charge on any atom is -0.438 e. The zero-order chi connectivity index (χ0) is 29.5. The number of carbonyl (C=O) groups excluding carboxylic acids is 3. The lowest BCUT2D eigenvalue weighted by atomic mass is 9.86. The molecular formula is C27H33F3N6O4. The van der Waals surface area contributed by atoms with E-state index in [1.54, 1.807) is 10.7 Å². The van der Waals surface area contributed by atoms with Gasteiger partial charge >= 0.3 is 12.3 Å². The van der Waals surface area contributed by atoms with E-state index in [1.807, 2.05) is 27.7 Å². The first-order valence-corrected chi connectivity index (χ1v) is 12.8. The number of Topliss-reactive ketones (excluding diaryl/α,β-unsaturated/α-hetero) is 1. The molecule has 2 heterocycles. The molecule has 2 amide bonds. The zero-order valence-corrected chi connectivity index (χ0v) is 22.7. The van der Waals surface area contributed by atoms with Crippen LogP contribution in [-0.4, -0.2) is 49.9 Å². The Labute approximate surface area is 229 Å². The Hall–Kier alpha value is -4.16. The van der Waals surface area contributed by atoms with Crippen LogP contribution in [0, 0.1) is 5.41 Å². The van der Waals surface area contributed by atoms with Crippen LogP contribution in [0.25, 0.3) is 11.3 Å². The molecule has 1 unspecified atom stereocenters. The molecule has 10 nitrogen and oxygen atoms in total. The highest BCUT2D eigenvalue weighted by Gasteiger charge is 2.33. The maximum Gasteiger partial charge on any atom is 0.416 e. The number of ketones is 1. The monoisotopic (exact) mass is 562 g/mol. The van der Waals surface area contributed by atoms with Gasteiger partial charge in [-0.15, -0.1) is 0 Å². The van der Waals surface area contributed by atoms with Crippen molar-refractivity contribution in [2.75, 3.05) is 5.32 Å². The summed E-state index contributed by atoms with van der Waals surface area (Å²) in [4.78, 5) is 38.2. The number of carbonyl (C=O) groups is 3. The van der Waals surface area contributed by atoms with E-state index in [-0.39, 0.29) is 18.8 Å². The molecule has 216 valence electrons. The standard InChI is InChI=1S/C27H33F3N6O4/c1-5-6-7-20(23(37)24(38)34-22-13-14-31-35-22)40-25(39)33-21(26(2,3)4)16-36-19(12-15-32-36)17-8-10-18(11-9-17)27(28,29)30/h8-15,20-21H,5-7,16H2,1-4H3,(H,33,39)(H2,31,34,35,38)/t20-,21?/m0/s1. The fraction of sp³-hybridized carbons (Fsp3) is 0.444. The lowest BCUT2D eigenvalue weighted by molar-refractivity contribution is -0.140. The number of amides is 2. The number of H-pyrrole nitrogens is 1. The van der Waals surface area contributed by atoms with Crippen molar-refractivity contribution in [1.29, 1.82) is 0 Å². The lowest BCUT2D eigenvalue weighted by Crippen LogP contribution is -2.48. The van der Waals surface area contributed by atoms with Gasteiger partial charge in [-0.25, -0.2) is 4.79 Å². The molecule has 40 heavy (non-hydrogen) atoms. The highest BCUT2D eigenvalue weighted by Crippen LogP contribution is 2.31. The molecule has 0 radical (unpaired) electrons. The van der Waals surface area contributed by atoms with E-state index in [1.165, 1.54) is 30.6 Å². The molecule has 0 saturated carbocycles. The summed E-state index contributed by atoms with van der Waals surface area (Å²) < 4.78 is 46.0. The first kappa shape index (κ1) is 30.4. The Bertz CT molecular complexity index is 1280. The van der Waals surface area contributed by atoms with E-state index in [2.05, 4.69) is 25.9 Å². The number of anilines is 1. The molecule has 2 aromatic heterocycles. The molecule has 0 saturated heterocycles. The van der Waals surface area contributed by atoms with E-state index in [4.69, 9.17) is 4.74 Å². The smallest absolute Gasteiger partial charge is 0.416 e. The fourth-order valence-electron chi connectivity index (χ4n) is 3.86. The topological polar surface area (TPSA) is 131 Å². The van der Waals surface area contributed by atoms with E-state index >= 15 is 0 Å². The van der Waals surface area contributed by atoms with Crippen LogP contribution in [0.2, 0.25) is 0 Å². The van der Waals surface area contributed by atoms with E-state index in [9.17, 15) is 27.6 Å². The normalized spacial score (nSPS) is 13.4. The van der Waals surface area contributed by atoms with E-state index in [0.717, 1.165) is 12.1 Å². The van der Waals surface area contributed by atoms with Gasteiger partial charge < -0.3 is 15.4 Å². The summed E-state index contributed by atoms with van der Waals surface area (Å²) in [5.41, 5.74) is -0.188. The van der Waals surface area contributed by atoms with Crippen molar-refractivity contribution in [3.63, 3.8) is 0 Å². The average Bonchev–Trinajstić information content (AvgIpc) is 3.57. The maximum atomic E-state index is 13.0. The van der Waals surface area contributed by atoms with Crippen LogP contribution in [0.3, 0.4) is 0 Å². The molecule has 1 aromatic carbocycles. The van der Waals surface area contributed by atoms with Crippen molar-refractivity contribution < 1.29 is 32.3 Å². The second-order valence-electron chi connectivity index (χ2n) is 10.4. The van der Waals surface area contributed by atoms with Crippen molar-refractivity contribution >= 4 is 23.6 Å². The van der Waals surface area contributed by atoms with Crippen molar-refractivity contribution in [1.82, 2.24) is 25.3 Å². The SMILES string of the molecule is CCCC[C@H](OC(=O)NC(Cn1nccc1-c1ccc(C(F)(F)F)cc1)C(C)(C)C)C(=O)C(=O)Nc1ccn[nH]1. The molecule has 0 fully saturated rings. The molecule has 0 aliphatic carbocycles. The van der Waals surface area contributed by atoms with Crippen molar-refractivity contribution in [2.24, 2.45) is 5.41 Å². The first-order chi connectivity index (χ1) is 18.8. The lowest BCUT2D eigenvalue weighted by Gasteiger charge is -2.32. The van der Waals surface area contributed by atoms with Gasteiger partial charge in [0.25, 0.3) is 11.7 Å². The van der Waals surface area contributed by atoms with Gasteiger partial charge in [-0.05, 0) is 42.0 Å². The Kier molecular flexibility index (Phi) is 9.72. The third kappa shape index (κ3) is 8.17. The average molecular weight is 563 g/mol. The summed E-state index contributed by atoms with van der Waals surface area (Å²) in [6, 6.07) is 7.30. The predicted octanol–water partition coefficient (Wildman–Crippen LogP) is 5.20. The number of unbranched alkanes of at least 4 members (excludes halogenated alkanes) is 1. The van der Waals surface area contributed by atoms with Crippen LogP contribution in [0.5, 0.6) is 0 Å². The van der Waals surface area contributed by atoms with Crippen molar-refractivity contribution in [3.05, 3.63) is 54.4 Å². The van der Waals surface area contributed by atoms with Gasteiger partial charge in [0.15, 0.2) is 6.10 Å². The molecule has 0 bridgehead atoms. The number of nitrogens with zero attached hydrogens (tertiary/aromatic N) is 3. The number of nitrogens with one attached hydrogen (secondary N) is 3. The Morgan fingerprint density at radius 3 is 2.33 bits per heavy atom. The fourth-order valence-corrected chi connectivity index (χ4v) is 3.86. The number of alkyl carbamates (subject to hydrolysis) is 1. The number of halogens is 3. The highest BCUT2D eigenvalue weighted by molar-refractivity contribution is 6.42. The van der Waals surface area contributed by atoms with Crippen molar-refractivity contribution in [2.45, 2.75) is 71.8 Å². The minimum atomic E-state index is -4.45. The van der Waals surface area contributed by atoms with Crippen molar-refractivity contribution in [3.8, 4) is 11.3 Å². The number of aromatic nitrogens is 4. The number of benzene rings is 1. The zero-order valence-electron chi connectivity index (χ0n) is 22.7. The Balaban J connectivity index is 1.73. The number of rotatable bonds is 11. The van der Waals surface area contributed by atoms with Gasteiger partial charge in [0.1, 0.15) is 5.82 Å². The number of hydrogen-bond acceptors (Lipinski definition) is 6. The van der Waals surface area contributed by atoms with E-state index in [0.29, 0.717) is 24.1 Å². The minimum absolute atomic E-state index is 0.163. The van der Waals surface area contributed by atoms with Gasteiger partial charge in [-0.3, -0.25) is 19.4 Å². The summed E-state index contributed by atoms with van der Waals surface area (Å²) in [6.07, 6.45) is -2.27. The molecule has 3 rings (SSSR count). The molecule has 3 N–H and O–H groups in total. The van der Waals surface area contributed by atoms with Gasteiger partial charge in [-0.2, -0.15) is 23.4 Å². The van der Waals surface area contributed by atoms with Crippen LogP contribution >= 0.6 is 0 Å². The Morgan fingerprint density at radius 2 is 1.75 bits per heavy atom. The second-order valence-corrected chi connectivity index (χ2v) is 10.4. The summed E-state index contributed by atoms with van der Waals surface area (Å²) in [7, 11) is 0. The first-order valence-electron chi connectivity index (χ1n) is 12.8. The summed E-state index contributed by atoms with van der Waals surface area (Å²) >= 11 is 0. The second kappa shape index (κ2) is 12.8. The van der Waals surface area contributed by atoms with Crippen LogP contribution < -0.4 is 10.6 Å². The summed E-state index contributed by atoms with van der Waals surface area (Å²) in [5.74, 6) is -1.61. The van der Waals surface area contributed by atoms with Crippen LogP contribution in [0.1, 0.15) is 52.5 Å². The van der Waals surface area contributed by atoms with Gasteiger partial charge in [0, 0.05) is 12.3 Å². The summed E-state index contributed by atoms with van der Waals surface area (Å²) in [6.45, 7) is 7.72.